The molecule has 4 aliphatic rings. The quantitative estimate of drug-likeness (QED) is 0.458. The highest BCUT2D eigenvalue weighted by Gasteiger charge is 2.73. The van der Waals surface area contributed by atoms with Gasteiger partial charge in [0, 0.05) is 21.4 Å². The van der Waals surface area contributed by atoms with Gasteiger partial charge in [0.1, 0.15) is 0 Å². The van der Waals surface area contributed by atoms with E-state index in [2.05, 4.69) is 41.5 Å². The molecule has 0 aromatic heterocycles. The van der Waals surface area contributed by atoms with Gasteiger partial charge in [-0.15, -0.1) is 0 Å². The van der Waals surface area contributed by atoms with Crippen molar-refractivity contribution in [1.82, 2.24) is 0 Å². The molecule has 0 amide bonds. The van der Waals surface area contributed by atoms with Crippen molar-refractivity contribution in [1.29, 1.82) is 0 Å². The third kappa shape index (κ3) is 1.39. The first kappa shape index (κ1) is 15.9. The van der Waals surface area contributed by atoms with Crippen molar-refractivity contribution in [2.75, 3.05) is 0 Å². The summed E-state index contributed by atoms with van der Waals surface area (Å²) in [6.07, 6.45) is 5.28. The molecule has 0 spiro atoms. The van der Waals surface area contributed by atoms with Gasteiger partial charge >= 0.3 is 0 Å². The molecule has 4 rings (SSSR count). The van der Waals surface area contributed by atoms with Crippen LogP contribution in [-0.2, 0) is 0 Å². The Labute approximate surface area is 147 Å². The van der Waals surface area contributed by atoms with Crippen LogP contribution in [0.5, 0.6) is 0 Å². The molecule has 0 aromatic rings. The van der Waals surface area contributed by atoms with Crippen LogP contribution in [0.2, 0.25) is 0 Å². The lowest BCUT2D eigenvalue weighted by Gasteiger charge is -2.40. The summed E-state index contributed by atoms with van der Waals surface area (Å²) in [5, 5.41) is 1.46. The topological polar surface area (TPSA) is 0 Å². The van der Waals surface area contributed by atoms with Gasteiger partial charge in [0.2, 0.25) is 0 Å². The number of hydrogen-bond donors (Lipinski definition) is 1. The number of thiol groups is 1. The zero-order valence-corrected chi connectivity index (χ0v) is 16.6. The Kier molecular flexibility index (Phi) is 3.01. The average molecular weight is 335 g/mol. The van der Waals surface area contributed by atoms with E-state index in [0.29, 0.717) is 28.1 Å². The fourth-order valence-corrected chi connectivity index (χ4v) is 8.11. The highest BCUT2D eigenvalue weighted by atomic mass is 32.1. The molecule has 0 aliphatic heterocycles. The second kappa shape index (κ2) is 4.15. The second-order valence-corrected chi connectivity index (χ2v) is 10.9. The van der Waals surface area contributed by atoms with Crippen molar-refractivity contribution in [2.24, 2.45) is 39.4 Å². The van der Waals surface area contributed by atoms with E-state index in [0.717, 1.165) is 5.92 Å². The van der Waals surface area contributed by atoms with E-state index in [1.54, 1.807) is 5.92 Å². The van der Waals surface area contributed by atoms with Crippen LogP contribution in [0.3, 0.4) is 0 Å². The molecule has 4 aliphatic carbocycles. The third-order valence-corrected chi connectivity index (χ3v) is 10.7. The Balaban J connectivity index is 1.78. The van der Waals surface area contributed by atoms with Crippen LogP contribution in [0, 0.1) is 50.6 Å². The fraction of sp³-hybridized carbons (Fsp3) is 0.850. The summed E-state index contributed by atoms with van der Waals surface area (Å²) in [4.78, 5) is 1.32. The molecule has 2 radical (unpaired) electrons. The normalized spacial score (nSPS) is 52.9. The third-order valence-electron chi connectivity index (χ3n) is 9.27. The first-order valence-electron chi connectivity index (χ1n) is 8.98. The minimum absolute atomic E-state index is 0.239. The maximum absolute atomic E-state index is 6.09. The number of thiocarbonyl (C=S) groups is 1. The Hall–Kier alpha value is 0.440. The minimum Gasteiger partial charge on any atom is -0.170 e. The van der Waals surface area contributed by atoms with Crippen molar-refractivity contribution < 1.29 is 0 Å². The van der Waals surface area contributed by atoms with Gasteiger partial charge in [-0.1, -0.05) is 53.8 Å². The number of fused-ring (bicyclic) bond motifs is 4. The lowest BCUT2D eigenvalue weighted by Crippen LogP contribution is -2.36. The molecule has 0 heterocycles. The fourth-order valence-electron chi connectivity index (χ4n) is 6.76. The summed E-state index contributed by atoms with van der Waals surface area (Å²) >= 11 is 11.2. The van der Waals surface area contributed by atoms with Crippen LogP contribution in [-0.4, -0.2) is 4.86 Å². The van der Waals surface area contributed by atoms with Gasteiger partial charge in [-0.3, -0.25) is 0 Å². The molecule has 0 nitrogen and oxygen atoms in total. The molecule has 4 fully saturated rings. The molecule has 4 saturated carbocycles. The standard InChI is InChI=1S/C20H30S2/c1-17(2)11-7-9-19(17,5)15(21)13(11)14-12-8-10-20(6,16(14)22)18(12,3)4/h11-13,21H,7-10H2,1-6H3. The molecule has 5 unspecified atom stereocenters. The predicted molar refractivity (Wildman–Crippen MR) is 101 cm³/mol. The van der Waals surface area contributed by atoms with Crippen molar-refractivity contribution in [2.45, 2.75) is 67.2 Å². The zero-order valence-electron chi connectivity index (χ0n) is 14.9. The predicted octanol–water partition coefficient (Wildman–Crippen LogP) is 5.92. The minimum atomic E-state index is 0.239. The Morgan fingerprint density at radius 2 is 1.50 bits per heavy atom. The maximum Gasteiger partial charge on any atom is 0.0381 e. The molecular weight excluding hydrogens is 304 g/mol. The van der Waals surface area contributed by atoms with Crippen molar-refractivity contribution in [3.05, 3.63) is 11.2 Å². The summed E-state index contributed by atoms with van der Waals surface area (Å²) in [5.74, 6) is 3.63. The van der Waals surface area contributed by atoms with E-state index < -0.39 is 0 Å². The van der Waals surface area contributed by atoms with E-state index in [1.165, 1.54) is 35.8 Å². The van der Waals surface area contributed by atoms with E-state index in [9.17, 15) is 0 Å². The maximum atomic E-state index is 6.09. The largest absolute Gasteiger partial charge is 0.170 e. The Morgan fingerprint density at radius 1 is 0.909 bits per heavy atom. The van der Waals surface area contributed by atoms with Crippen LogP contribution in [0.4, 0.5) is 0 Å². The van der Waals surface area contributed by atoms with E-state index in [-0.39, 0.29) is 5.41 Å². The summed E-state index contributed by atoms with van der Waals surface area (Å²) in [6, 6.07) is 0. The summed E-state index contributed by atoms with van der Waals surface area (Å²) in [6.45, 7) is 14.8. The molecule has 0 aromatic carbocycles. The van der Waals surface area contributed by atoms with E-state index >= 15 is 0 Å². The Bertz CT molecular complexity index is 548. The van der Waals surface area contributed by atoms with Gasteiger partial charge in [0.25, 0.3) is 0 Å². The van der Waals surface area contributed by atoms with Gasteiger partial charge in [-0.2, -0.15) is 12.6 Å². The molecular formula is C20H30S2. The lowest BCUT2D eigenvalue weighted by atomic mass is 9.68. The van der Waals surface area contributed by atoms with Gasteiger partial charge < -0.3 is 0 Å². The van der Waals surface area contributed by atoms with Crippen molar-refractivity contribution in [3.8, 4) is 0 Å². The van der Waals surface area contributed by atoms with Crippen molar-refractivity contribution >= 4 is 29.7 Å². The molecule has 5 atom stereocenters. The second-order valence-electron chi connectivity index (χ2n) is 9.99. The van der Waals surface area contributed by atoms with Crippen LogP contribution >= 0.6 is 24.8 Å². The average Bonchev–Trinajstić information content (AvgIpc) is 2.90. The molecule has 4 bridgehead atoms. The first-order chi connectivity index (χ1) is 10.00. The highest BCUT2D eigenvalue weighted by Crippen LogP contribution is 2.78. The van der Waals surface area contributed by atoms with Crippen LogP contribution in [0.1, 0.15) is 67.2 Å². The smallest absolute Gasteiger partial charge is 0.0381 e. The Morgan fingerprint density at radius 3 is 1.95 bits per heavy atom. The molecule has 0 N–H and O–H groups in total. The SMILES string of the molecule is CC12CCC(C([C]3C(=S)C4(C)CCC3C4(C)C)[C]1S)C2(C)C. The molecule has 22 heavy (non-hydrogen) atoms. The molecule has 122 valence electrons. The zero-order chi connectivity index (χ0) is 16.3. The van der Waals surface area contributed by atoms with Crippen LogP contribution < -0.4 is 0 Å². The van der Waals surface area contributed by atoms with Gasteiger partial charge in [0.05, 0.1) is 0 Å². The lowest BCUT2D eigenvalue weighted by molar-refractivity contribution is 0.165. The number of rotatable bonds is 1. The van der Waals surface area contributed by atoms with E-state index in [1.807, 2.05) is 0 Å². The molecule has 2 heteroatoms. The first-order valence-corrected chi connectivity index (χ1v) is 9.83. The summed E-state index contributed by atoms with van der Waals surface area (Å²) < 4.78 is 0. The van der Waals surface area contributed by atoms with Gasteiger partial charge in [-0.05, 0) is 59.7 Å². The van der Waals surface area contributed by atoms with Crippen LogP contribution in [0.15, 0.2) is 0 Å². The molecule has 0 saturated heterocycles. The number of hydrogen-bond acceptors (Lipinski definition) is 2. The van der Waals surface area contributed by atoms with E-state index in [4.69, 9.17) is 24.8 Å². The summed E-state index contributed by atoms with van der Waals surface area (Å²) in [5.41, 5.74) is 1.23. The van der Waals surface area contributed by atoms with Crippen LogP contribution in [0.25, 0.3) is 0 Å². The monoisotopic (exact) mass is 334 g/mol. The van der Waals surface area contributed by atoms with Gasteiger partial charge in [0.15, 0.2) is 0 Å². The highest BCUT2D eigenvalue weighted by molar-refractivity contribution is 7.83. The summed E-state index contributed by atoms with van der Waals surface area (Å²) in [7, 11) is 0. The van der Waals surface area contributed by atoms with Crippen molar-refractivity contribution in [3.63, 3.8) is 0 Å². The van der Waals surface area contributed by atoms with Gasteiger partial charge in [-0.25, -0.2) is 0 Å².